The molecule has 6 heteroatoms. The molecule has 0 N–H and O–H groups in total. The van der Waals surface area contributed by atoms with Gasteiger partial charge in [-0.15, -0.1) is 11.3 Å². The molecule has 0 saturated carbocycles. The van der Waals surface area contributed by atoms with Crippen LogP contribution in [-0.2, 0) is 6.54 Å². The first-order valence-electron chi connectivity index (χ1n) is 7.43. The molecule has 0 aromatic carbocycles. The van der Waals surface area contributed by atoms with E-state index in [-0.39, 0.29) is 5.91 Å². The average Bonchev–Trinajstić information content (AvgIpc) is 3.00. The number of rotatable bonds is 6. The maximum absolute atomic E-state index is 12.6. The van der Waals surface area contributed by atoms with E-state index in [0.29, 0.717) is 18.2 Å². The Balaban J connectivity index is 2.21. The molecule has 0 radical (unpaired) electrons. The van der Waals surface area contributed by atoms with Crippen molar-refractivity contribution < 1.29 is 4.79 Å². The van der Waals surface area contributed by atoms with Gasteiger partial charge in [0, 0.05) is 30.7 Å². The van der Waals surface area contributed by atoms with E-state index in [4.69, 9.17) is 0 Å². The third kappa shape index (κ3) is 3.82. The minimum atomic E-state index is -0.0766. The molecule has 2 heterocycles. The van der Waals surface area contributed by atoms with E-state index >= 15 is 0 Å². The van der Waals surface area contributed by atoms with E-state index in [0.717, 1.165) is 23.7 Å². The summed E-state index contributed by atoms with van der Waals surface area (Å²) < 4.78 is 0. The van der Waals surface area contributed by atoms with E-state index in [9.17, 15) is 4.79 Å². The predicted octanol–water partition coefficient (Wildman–Crippen LogP) is 2.96. The number of hydrogen-bond acceptors (Lipinski definition) is 5. The van der Waals surface area contributed by atoms with Crippen molar-refractivity contribution in [2.24, 2.45) is 0 Å². The van der Waals surface area contributed by atoms with Crippen molar-refractivity contribution in [1.29, 1.82) is 0 Å². The molecule has 22 heavy (non-hydrogen) atoms. The zero-order chi connectivity index (χ0) is 16.1. The SMILES string of the molecule is CCN(CC)c1nc(C)cc(C(=O)N(C)Cc2cccs2)n1. The molecule has 5 nitrogen and oxygen atoms in total. The summed E-state index contributed by atoms with van der Waals surface area (Å²) in [6, 6.07) is 5.77. The monoisotopic (exact) mass is 318 g/mol. The van der Waals surface area contributed by atoms with Gasteiger partial charge < -0.3 is 9.80 Å². The molecule has 0 saturated heterocycles. The zero-order valence-electron chi connectivity index (χ0n) is 13.5. The molecule has 0 aliphatic rings. The maximum atomic E-state index is 12.6. The minimum Gasteiger partial charge on any atom is -0.341 e. The van der Waals surface area contributed by atoms with Gasteiger partial charge in [0.1, 0.15) is 5.69 Å². The zero-order valence-corrected chi connectivity index (χ0v) is 14.4. The summed E-state index contributed by atoms with van der Waals surface area (Å²) in [6.45, 7) is 8.24. The van der Waals surface area contributed by atoms with Crippen LogP contribution >= 0.6 is 11.3 Å². The number of amides is 1. The molecule has 2 rings (SSSR count). The largest absolute Gasteiger partial charge is 0.341 e. The van der Waals surface area contributed by atoms with Crippen LogP contribution in [0.25, 0.3) is 0 Å². The molecule has 0 fully saturated rings. The number of aromatic nitrogens is 2. The van der Waals surface area contributed by atoms with E-state index in [1.54, 1.807) is 29.4 Å². The second-order valence-electron chi connectivity index (χ2n) is 5.11. The van der Waals surface area contributed by atoms with Gasteiger partial charge in [-0.25, -0.2) is 9.97 Å². The van der Waals surface area contributed by atoms with Crippen molar-refractivity contribution in [3.8, 4) is 0 Å². The minimum absolute atomic E-state index is 0.0766. The Morgan fingerprint density at radius 1 is 1.27 bits per heavy atom. The number of thiophene rings is 1. The molecule has 2 aromatic rings. The lowest BCUT2D eigenvalue weighted by Gasteiger charge is -2.21. The number of anilines is 1. The molecule has 0 bridgehead atoms. The molecule has 0 spiro atoms. The molecule has 0 unspecified atom stereocenters. The highest BCUT2D eigenvalue weighted by atomic mass is 32.1. The summed E-state index contributed by atoms with van der Waals surface area (Å²) in [6.07, 6.45) is 0. The summed E-state index contributed by atoms with van der Waals surface area (Å²) in [5, 5.41) is 2.01. The molecule has 118 valence electrons. The van der Waals surface area contributed by atoms with Crippen LogP contribution in [0.3, 0.4) is 0 Å². The Morgan fingerprint density at radius 3 is 2.59 bits per heavy atom. The van der Waals surface area contributed by atoms with E-state index < -0.39 is 0 Å². The Kier molecular flexibility index (Phi) is 5.49. The van der Waals surface area contributed by atoms with Crippen molar-refractivity contribution in [3.63, 3.8) is 0 Å². The van der Waals surface area contributed by atoms with Crippen molar-refractivity contribution >= 4 is 23.2 Å². The van der Waals surface area contributed by atoms with Crippen molar-refractivity contribution in [1.82, 2.24) is 14.9 Å². The molecule has 1 amide bonds. The third-order valence-electron chi connectivity index (χ3n) is 3.43. The smallest absolute Gasteiger partial charge is 0.272 e. The topological polar surface area (TPSA) is 49.3 Å². The lowest BCUT2D eigenvalue weighted by molar-refractivity contribution is 0.0780. The van der Waals surface area contributed by atoms with Gasteiger partial charge in [0.2, 0.25) is 5.95 Å². The highest BCUT2D eigenvalue weighted by Gasteiger charge is 2.17. The maximum Gasteiger partial charge on any atom is 0.272 e. The van der Waals surface area contributed by atoms with Crippen LogP contribution in [0.1, 0.15) is 34.9 Å². The van der Waals surface area contributed by atoms with Crippen LogP contribution in [0.2, 0.25) is 0 Å². The van der Waals surface area contributed by atoms with Crippen molar-refractivity contribution in [2.75, 3.05) is 25.0 Å². The lowest BCUT2D eigenvalue weighted by atomic mass is 10.3. The summed E-state index contributed by atoms with van der Waals surface area (Å²) in [5.74, 6) is 0.546. The van der Waals surface area contributed by atoms with Crippen LogP contribution < -0.4 is 4.90 Å². The number of aryl methyl sites for hydroxylation is 1. The standard InChI is InChI=1S/C16H22N4OS/c1-5-20(6-2)16-17-12(3)10-14(18-16)15(21)19(4)11-13-8-7-9-22-13/h7-10H,5-6,11H2,1-4H3. The van der Waals surface area contributed by atoms with E-state index in [2.05, 4.69) is 23.8 Å². The molecule has 0 aliphatic carbocycles. The van der Waals surface area contributed by atoms with Crippen molar-refractivity contribution in [3.05, 3.63) is 39.8 Å². The molecule has 0 atom stereocenters. The normalized spacial score (nSPS) is 10.5. The fourth-order valence-electron chi connectivity index (χ4n) is 2.21. The van der Waals surface area contributed by atoms with E-state index in [1.807, 2.05) is 29.3 Å². The van der Waals surface area contributed by atoms with Gasteiger partial charge >= 0.3 is 0 Å². The van der Waals surface area contributed by atoms with Crippen molar-refractivity contribution in [2.45, 2.75) is 27.3 Å². The van der Waals surface area contributed by atoms with Gasteiger partial charge in [0.15, 0.2) is 0 Å². The Morgan fingerprint density at radius 2 is 2.00 bits per heavy atom. The highest BCUT2D eigenvalue weighted by molar-refractivity contribution is 7.09. The van der Waals surface area contributed by atoms with Gasteiger partial charge in [-0.3, -0.25) is 4.79 Å². The number of hydrogen-bond donors (Lipinski definition) is 0. The molecule has 2 aromatic heterocycles. The first-order valence-corrected chi connectivity index (χ1v) is 8.31. The van der Waals surface area contributed by atoms with Crippen LogP contribution in [0, 0.1) is 6.92 Å². The highest BCUT2D eigenvalue weighted by Crippen LogP contribution is 2.15. The second-order valence-corrected chi connectivity index (χ2v) is 6.14. The van der Waals surface area contributed by atoms with Gasteiger partial charge in [-0.05, 0) is 38.3 Å². The lowest BCUT2D eigenvalue weighted by Crippen LogP contribution is -2.29. The number of carbonyl (C=O) groups excluding carboxylic acids is 1. The van der Waals surface area contributed by atoms with Gasteiger partial charge in [-0.2, -0.15) is 0 Å². The fourth-order valence-corrected chi connectivity index (χ4v) is 2.97. The van der Waals surface area contributed by atoms with Crippen LogP contribution in [0.4, 0.5) is 5.95 Å². The van der Waals surface area contributed by atoms with Gasteiger partial charge in [0.05, 0.1) is 6.54 Å². The average molecular weight is 318 g/mol. The summed E-state index contributed by atoms with van der Waals surface area (Å²) >= 11 is 1.65. The van der Waals surface area contributed by atoms with E-state index in [1.165, 1.54) is 0 Å². The molecule has 0 aliphatic heterocycles. The third-order valence-corrected chi connectivity index (χ3v) is 4.29. The summed E-state index contributed by atoms with van der Waals surface area (Å²) in [4.78, 5) is 26.4. The first kappa shape index (κ1) is 16.4. The van der Waals surface area contributed by atoms with Gasteiger partial charge in [-0.1, -0.05) is 6.07 Å². The fraction of sp³-hybridized carbons (Fsp3) is 0.438. The summed E-state index contributed by atoms with van der Waals surface area (Å²) in [5.41, 5.74) is 1.26. The van der Waals surface area contributed by atoms with Crippen LogP contribution in [-0.4, -0.2) is 40.9 Å². The van der Waals surface area contributed by atoms with Gasteiger partial charge in [0.25, 0.3) is 5.91 Å². The molecular weight excluding hydrogens is 296 g/mol. The number of nitrogens with zero attached hydrogens (tertiary/aromatic N) is 4. The summed E-state index contributed by atoms with van der Waals surface area (Å²) in [7, 11) is 1.80. The van der Waals surface area contributed by atoms with Crippen LogP contribution in [0.5, 0.6) is 0 Å². The Labute approximate surface area is 135 Å². The Bertz CT molecular complexity index is 623. The van der Waals surface area contributed by atoms with Crippen LogP contribution in [0.15, 0.2) is 23.6 Å². The first-order chi connectivity index (χ1) is 10.5. The second kappa shape index (κ2) is 7.35. The molecular formula is C16H22N4OS. The number of carbonyl (C=O) groups is 1. The predicted molar refractivity (Wildman–Crippen MR) is 90.4 cm³/mol. The Hall–Kier alpha value is -1.95. The quantitative estimate of drug-likeness (QED) is 0.821.